The third kappa shape index (κ3) is 4.54. The molecule has 0 unspecified atom stereocenters. The molecule has 0 aliphatic heterocycles. The first-order chi connectivity index (χ1) is 15.4. The van der Waals surface area contributed by atoms with Gasteiger partial charge in [-0.1, -0.05) is 54.1 Å². The third-order valence-corrected chi connectivity index (χ3v) is 5.35. The zero-order valence-electron chi connectivity index (χ0n) is 18.0. The van der Waals surface area contributed by atoms with E-state index in [1.54, 1.807) is 6.07 Å². The molecule has 0 spiro atoms. The highest BCUT2D eigenvalue weighted by Gasteiger charge is 2.19. The van der Waals surface area contributed by atoms with E-state index in [1.807, 2.05) is 78.2 Å². The zero-order chi connectivity index (χ0) is 22.7. The van der Waals surface area contributed by atoms with Crippen LogP contribution in [0.3, 0.4) is 0 Å². The second-order valence-corrected chi connectivity index (χ2v) is 7.77. The number of ketones is 1. The summed E-state index contributed by atoms with van der Waals surface area (Å²) in [7, 11) is 0. The normalized spacial score (nSPS) is 11.9. The van der Waals surface area contributed by atoms with Gasteiger partial charge in [-0.3, -0.25) is 4.79 Å². The average Bonchev–Trinajstić information content (AvgIpc) is 3.16. The van der Waals surface area contributed by atoms with Crippen molar-refractivity contribution in [2.45, 2.75) is 32.9 Å². The van der Waals surface area contributed by atoms with Crippen LogP contribution in [-0.2, 0) is 17.8 Å². The number of hydrogen-bond acceptors (Lipinski definition) is 4. The zero-order valence-corrected chi connectivity index (χ0v) is 18.0. The number of ether oxygens (including phenoxy) is 1. The van der Waals surface area contributed by atoms with Gasteiger partial charge >= 0.3 is 5.97 Å². The minimum Gasteiger partial charge on any atom is -0.479 e. The second-order valence-electron chi connectivity index (χ2n) is 7.77. The molecule has 6 heteroatoms. The number of fused-ring (bicyclic) bond motifs is 1. The van der Waals surface area contributed by atoms with Crippen molar-refractivity contribution < 1.29 is 19.4 Å². The van der Waals surface area contributed by atoms with Crippen molar-refractivity contribution in [3.63, 3.8) is 0 Å². The van der Waals surface area contributed by atoms with E-state index in [2.05, 4.69) is 4.98 Å². The van der Waals surface area contributed by atoms with Gasteiger partial charge in [0.1, 0.15) is 5.75 Å². The molecule has 4 rings (SSSR count). The summed E-state index contributed by atoms with van der Waals surface area (Å²) in [4.78, 5) is 28.9. The summed E-state index contributed by atoms with van der Waals surface area (Å²) < 4.78 is 7.43. The Kier molecular flexibility index (Phi) is 6.03. The number of nitrogens with zero attached hydrogens (tertiary/aromatic N) is 2. The van der Waals surface area contributed by atoms with Crippen LogP contribution in [-0.4, -0.2) is 32.5 Å². The molecule has 0 bridgehead atoms. The van der Waals surface area contributed by atoms with Crippen molar-refractivity contribution in [2.75, 3.05) is 0 Å². The highest BCUT2D eigenvalue weighted by Crippen LogP contribution is 2.21. The molecule has 0 saturated carbocycles. The number of para-hydroxylation sites is 2. The molecule has 162 valence electrons. The number of hydrogen-bond donors (Lipinski definition) is 1. The third-order valence-electron chi connectivity index (χ3n) is 5.35. The van der Waals surface area contributed by atoms with E-state index in [4.69, 9.17) is 9.84 Å². The summed E-state index contributed by atoms with van der Waals surface area (Å²) in [6, 6.07) is 22.6. The SMILES string of the molecule is Cc1ccc(C(=O)c2nc3ccccc3n2CCc2cccc(O[C@H](C)C(=O)O)c2)cc1. The van der Waals surface area contributed by atoms with Crippen LogP contribution in [0.1, 0.15) is 34.2 Å². The van der Waals surface area contributed by atoms with Gasteiger partial charge in [-0.25, -0.2) is 9.78 Å². The fraction of sp³-hybridized carbons (Fsp3) is 0.192. The summed E-state index contributed by atoms with van der Waals surface area (Å²) >= 11 is 0. The van der Waals surface area contributed by atoms with E-state index in [0.29, 0.717) is 30.1 Å². The van der Waals surface area contributed by atoms with Crippen molar-refractivity contribution >= 4 is 22.8 Å². The number of rotatable bonds is 8. The van der Waals surface area contributed by atoms with E-state index < -0.39 is 12.1 Å². The maximum absolute atomic E-state index is 13.2. The number of aryl methyl sites for hydroxylation is 3. The van der Waals surface area contributed by atoms with Gasteiger partial charge in [-0.2, -0.15) is 0 Å². The Morgan fingerprint density at radius 1 is 1.03 bits per heavy atom. The van der Waals surface area contributed by atoms with Gasteiger partial charge in [0.25, 0.3) is 0 Å². The van der Waals surface area contributed by atoms with Crippen LogP contribution in [0, 0.1) is 6.92 Å². The van der Waals surface area contributed by atoms with Crippen LogP contribution in [0.2, 0.25) is 0 Å². The fourth-order valence-corrected chi connectivity index (χ4v) is 3.58. The fourth-order valence-electron chi connectivity index (χ4n) is 3.58. The van der Waals surface area contributed by atoms with E-state index in [-0.39, 0.29) is 5.78 Å². The number of imidazole rings is 1. The summed E-state index contributed by atoms with van der Waals surface area (Å²) in [5.74, 6) is -0.223. The molecule has 0 radical (unpaired) electrons. The quantitative estimate of drug-likeness (QED) is 0.413. The van der Waals surface area contributed by atoms with Gasteiger partial charge in [0.2, 0.25) is 5.78 Å². The van der Waals surface area contributed by atoms with Crippen LogP contribution in [0.5, 0.6) is 5.75 Å². The summed E-state index contributed by atoms with van der Waals surface area (Å²) in [6.07, 6.45) is -0.297. The van der Waals surface area contributed by atoms with Crippen molar-refractivity contribution in [1.82, 2.24) is 9.55 Å². The number of aliphatic carboxylic acids is 1. The predicted molar refractivity (Wildman–Crippen MR) is 122 cm³/mol. The molecule has 4 aromatic rings. The molecule has 0 aliphatic rings. The van der Waals surface area contributed by atoms with Gasteiger partial charge in [-0.05, 0) is 50.1 Å². The highest BCUT2D eigenvalue weighted by atomic mass is 16.5. The van der Waals surface area contributed by atoms with Crippen LogP contribution in [0.4, 0.5) is 0 Å². The van der Waals surface area contributed by atoms with E-state index in [1.165, 1.54) is 6.92 Å². The number of carbonyl (C=O) groups is 2. The molecule has 3 aromatic carbocycles. The molecular formula is C26H24N2O4. The molecule has 0 saturated heterocycles. The highest BCUT2D eigenvalue weighted by molar-refractivity contribution is 6.08. The van der Waals surface area contributed by atoms with Crippen molar-refractivity contribution in [3.05, 3.63) is 95.3 Å². The molecular weight excluding hydrogens is 404 g/mol. The first kappa shape index (κ1) is 21.3. The van der Waals surface area contributed by atoms with Gasteiger partial charge in [0.15, 0.2) is 11.9 Å². The standard InChI is InChI=1S/C26H24N2O4/c1-17-10-12-20(13-11-17)24(29)25-27-22-8-3-4-9-23(22)28(25)15-14-19-6-5-7-21(16-19)32-18(2)26(30)31/h3-13,16,18H,14-15H2,1-2H3,(H,30,31)/t18-/m1/s1. The Labute approximate surface area is 186 Å². The lowest BCUT2D eigenvalue weighted by molar-refractivity contribution is -0.144. The summed E-state index contributed by atoms with van der Waals surface area (Å²) in [5.41, 5.74) is 4.34. The van der Waals surface area contributed by atoms with Crippen LogP contribution < -0.4 is 4.74 Å². The molecule has 0 fully saturated rings. The van der Waals surface area contributed by atoms with Crippen molar-refractivity contribution in [3.8, 4) is 5.75 Å². The molecule has 0 amide bonds. The number of carboxylic acids is 1. The van der Waals surface area contributed by atoms with Gasteiger partial charge < -0.3 is 14.4 Å². The minimum absolute atomic E-state index is 0.117. The summed E-state index contributed by atoms with van der Waals surface area (Å²) in [5, 5.41) is 9.07. The average molecular weight is 428 g/mol. The van der Waals surface area contributed by atoms with Gasteiger partial charge in [-0.15, -0.1) is 0 Å². The topological polar surface area (TPSA) is 81.4 Å². The molecule has 1 aromatic heterocycles. The molecule has 6 nitrogen and oxygen atoms in total. The smallest absolute Gasteiger partial charge is 0.344 e. The molecule has 1 atom stereocenters. The van der Waals surface area contributed by atoms with Crippen molar-refractivity contribution in [1.29, 1.82) is 0 Å². The van der Waals surface area contributed by atoms with Crippen LogP contribution >= 0.6 is 0 Å². The van der Waals surface area contributed by atoms with Crippen LogP contribution in [0.15, 0.2) is 72.8 Å². The van der Waals surface area contributed by atoms with Crippen LogP contribution in [0.25, 0.3) is 11.0 Å². The monoisotopic (exact) mass is 428 g/mol. The molecule has 32 heavy (non-hydrogen) atoms. The van der Waals surface area contributed by atoms with E-state index >= 15 is 0 Å². The number of aromatic nitrogens is 2. The van der Waals surface area contributed by atoms with Crippen molar-refractivity contribution in [2.24, 2.45) is 0 Å². The lowest BCUT2D eigenvalue weighted by Crippen LogP contribution is -2.22. The first-order valence-electron chi connectivity index (χ1n) is 10.5. The Morgan fingerprint density at radius 2 is 1.78 bits per heavy atom. The largest absolute Gasteiger partial charge is 0.479 e. The minimum atomic E-state index is -1.01. The Hall–Kier alpha value is -3.93. The molecule has 0 aliphatic carbocycles. The Balaban J connectivity index is 1.62. The maximum Gasteiger partial charge on any atom is 0.344 e. The lowest BCUT2D eigenvalue weighted by atomic mass is 10.1. The molecule has 1 N–H and O–H groups in total. The first-order valence-corrected chi connectivity index (χ1v) is 10.5. The van der Waals surface area contributed by atoms with Gasteiger partial charge in [0.05, 0.1) is 11.0 Å². The van der Waals surface area contributed by atoms with Gasteiger partial charge in [0, 0.05) is 12.1 Å². The predicted octanol–water partition coefficient (Wildman–Crippen LogP) is 4.67. The maximum atomic E-state index is 13.2. The second kappa shape index (κ2) is 9.06. The van der Waals surface area contributed by atoms with E-state index in [9.17, 15) is 9.59 Å². The lowest BCUT2D eigenvalue weighted by Gasteiger charge is -2.12. The van der Waals surface area contributed by atoms with E-state index in [0.717, 1.165) is 22.2 Å². The number of carboxylic acid groups (broad SMARTS) is 1. The summed E-state index contributed by atoms with van der Waals surface area (Å²) in [6.45, 7) is 4.03. The number of carbonyl (C=O) groups excluding carboxylic acids is 1. The molecule has 1 heterocycles. The number of benzene rings is 3. The Morgan fingerprint density at radius 3 is 2.53 bits per heavy atom. The Bertz CT molecular complexity index is 1270.